The van der Waals surface area contributed by atoms with Crippen molar-refractivity contribution in [3.05, 3.63) is 35.9 Å². The molecule has 1 rings (SSSR count). The normalized spacial score (nSPS) is 10.2. The first-order valence-electron chi connectivity index (χ1n) is 4.04. The average molecular weight is 217 g/mol. The van der Waals surface area contributed by atoms with E-state index >= 15 is 0 Å². The molecule has 0 heterocycles. The zero-order valence-corrected chi connectivity index (χ0v) is 9.08. The zero-order chi connectivity index (χ0) is 11.0. The summed E-state index contributed by atoms with van der Waals surface area (Å²) in [7, 11) is -1.72. The molecule has 0 atom stereocenters. The third-order valence-electron chi connectivity index (χ3n) is 1.22. The standard InChI is InChI=1S/C8H11N.CH4O3S/c1-9-7-8-5-3-2-4-6-8;1-5(2,3)4/h2-6,9H,7H2,1H3;1H3,(H,2,3,4). The highest BCUT2D eigenvalue weighted by atomic mass is 32.2. The maximum Gasteiger partial charge on any atom is 0.261 e. The van der Waals surface area contributed by atoms with E-state index in [1.165, 1.54) is 5.56 Å². The Kier molecular flexibility index (Phi) is 6.11. The lowest BCUT2D eigenvalue weighted by molar-refractivity contribution is 0.490. The fourth-order valence-electron chi connectivity index (χ4n) is 0.800. The van der Waals surface area contributed by atoms with Gasteiger partial charge < -0.3 is 5.32 Å². The van der Waals surface area contributed by atoms with Crippen molar-refractivity contribution in [1.29, 1.82) is 0 Å². The number of nitrogens with one attached hydrogen (secondary N) is 1. The average Bonchev–Trinajstić information content (AvgIpc) is 2.03. The molecule has 0 aliphatic carbocycles. The van der Waals surface area contributed by atoms with Crippen LogP contribution in [0.15, 0.2) is 30.3 Å². The van der Waals surface area contributed by atoms with E-state index < -0.39 is 10.1 Å². The summed E-state index contributed by atoms with van der Waals surface area (Å²) in [6, 6.07) is 10.3. The first kappa shape index (κ1) is 13.1. The highest BCUT2D eigenvalue weighted by Crippen LogP contribution is 1.95. The topological polar surface area (TPSA) is 66.4 Å². The van der Waals surface area contributed by atoms with Crippen LogP contribution in [0.5, 0.6) is 0 Å². The van der Waals surface area contributed by atoms with Gasteiger partial charge >= 0.3 is 0 Å². The summed E-state index contributed by atoms with van der Waals surface area (Å²) in [6.07, 6.45) is 0.715. The number of hydrogen-bond donors (Lipinski definition) is 2. The van der Waals surface area contributed by atoms with Crippen LogP contribution in [-0.2, 0) is 16.7 Å². The zero-order valence-electron chi connectivity index (χ0n) is 8.27. The molecule has 4 nitrogen and oxygen atoms in total. The van der Waals surface area contributed by atoms with Gasteiger partial charge in [0.2, 0.25) is 0 Å². The molecule has 2 N–H and O–H groups in total. The summed E-state index contributed by atoms with van der Waals surface area (Å²) in [4.78, 5) is 0. The van der Waals surface area contributed by atoms with Crippen molar-refractivity contribution in [1.82, 2.24) is 5.32 Å². The molecule has 0 unspecified atom stereocenters. The van der Waals surface area contributed by atoms with Crippen LogP contribution in [0, 0.1) is 0 Å². The van der Waals surface area contributed by atoms with Gasteiger partial charge in [0.25, 0.3) is 10.1 Å². The van der Waals surface area contributed by atoms with Gasteiger partial charge in [-0.3, -0.25) is 4.55 Å². The molecular formula is C9H15NO3S. The Morgan fingerprint density at radius 1 is 1.29 bits per heavy atom. The summed E-state index contributed by atoms with van der Waals surface area (Å²) in [5.74, 6) is 0. The predicted molar refractivity (Wildman–Crippen MR) is 56.7 cm³/mol. The van der Waals surface area contributed by atoms with Crippen LogP contribution in [0.4, 0.5) is 0 Å². The molecule has 1 aromatic carbocycles. The molecule has 0 radical (unpaired) electrons. The van der Waals surface area contributed by atoms with Crippen molar-refractivity contribution in [2.45, 2.75) is 6.54 Å². The maximum absolute atomic E-state index is 9.19. The second-order valence-corrected chi connectivity index (χ2v) is 4.21. The SMILES string of the molecule is CNCc1ccccc1.CS(=O)(=O)O. The second kappa shape index (κ2) is 6.53. The van der Waals surface area contributed by atoms with Crippen LogP contribution in [0.25, 0.3) is 0 Å². The minimum Gasteiger partial charge on any atom is -0.316 e. The van der Waals surface area contributed by atoms with E-state index in [1.54, 1.807) is 0 Å². The molecule has 0 aliphatic rings. The van der Waals surface area contributed by atoms with Crippen LogP contribution in [0.3, 0.4) is 0 Å². The molecule has 0 aromatic heterocycles. The lowest BCUT2D eigenvalue weighted by Gasteiger charge is -1.95. The van der Waals surface area contributed by atoms with Crippen LogP contribution in [-0.4, -0.2) is 26.3 Å². The van der Waals surface area contributed by atoms with E-state index in [0.717, 1.165) is 6.54 Å². The third kappa shape index (κ3) is 11.1. The molecule has 0 saturated heterocycles. The van der Waals surface area contributed by atoms with Gasteiger partial charge in [-0.25, -0.2) is 0 Å². The Labute approximate surface area is 84.7 Å². The highest BCUT2D eigenvalue weighted by molar-refractivity contribution is 7.85. The van der Waals surface area contributed by atoms with Gasteiger partial charge in [0.05, 0.1) is 6.26 Å². The largest absolute Gasteiger partial charge is 0.316 e. The smallest absolute Gasteiger partial charge is 0.261 e. The molecule has 0 fully saturated rings. The van der Waals surface area contributed by atoms with Crippen LogP contribution >= 0.6 is 0 Å². The Balaban J connectivity index is 0.000000292. The Hall–Kier alpha value is -0.910. The van der Waals surface area contributed by atoms with Crippen molar-refractivity contribution in [3.63, 3.8) is 0 Å². The van der Waals surface area contributed by atoms with Gasteiger partial charge in [0.15, 0.2) is 0 Å². The molecule has 80 valence electrons. The molecule has 1 aromatic rings. The van der Waals surface area contributed by atoms with Crippen molar-refractivity contribution in [2.75, 3.05) is 13.3 Å². The molecule has 0 aliphatic heterocycles. The van der Waals surface area contributed by atoms with Gasteiger partial charge in [0, 0.05) is 6.54 Å². The molecule has 14 heavy (non-hydrogen) atoms. The predicted octanol–water partition coefficient (Wildman–Crippen LogP) is 0.910. The van der Waals surface area contributed by atoms with Crippen molar-refractivity contribution in [2.24, 2.45) is 0 Å². The molecule has 5 heteroatoms. The van der Waals surface area contributed by atoms with Gasteiger partial charge in [-0.05, 0) is 12.6 Å². The third-order valence-corrected chi connectivity index (χ3v) is 1.22. The molecule has 0 saturated carbocycles. The van der Waals surface area contributed by atoms with Crippen molar-refractivity contribution in [3.8, 4) is 0 Å². The molecule has 0 bridgehead atoms. The maximum atomic E-state index is 9.19. The number of rotatable bonds is 2. The van der Waals surface area contributed by atoms with Crippen molar-refractivity contribution >= 4 is 10.1 Å². The first-order chi connectivity index (χ1) is 6.43. The fraction of sp³-hybridized carbons (Fsp3) is 0.333. The van der Waals surface area contributed by atoms with Gasteiger partial charge in [-0.15, -0.1) is 0 Å². The fourth-order valence-corrected chi connectivity index (χ4v) is 0.800. The molecule has 0 spiro atoms. The van der Waals surface area contributed by atoms with E-state index in [2.05, 4.69) is 17.4 Å². The van der Waals surface area contributed by atoms with Gasteiger partial charge in [-0.1, -0.05) is 30.3 Å². The second-order valence-electron chi connectivity index (χ2n) is 2.75. The van der Waals surface area contributed by atoms with Crippen molar-refractivity contribution < 1.29 is 13.0 Å². The Morgan fingerprint density at radius 2 is 1.71 bits per heavy atom. The summed E-state index contributed by atoms with van der Waals surface area (Å²) in [5.41, 5.74) is 1.33. The van der Waals surface area contributed by atoms with E-state index in [0.29, 0.717) is 6.26 Å². The van der Waals surface area contributed by atoms with E-state index in [9.17, 15) is 8.42 Å². The van der Waals surface area contributed by atoms with E-state index in [1.807, 2.05) is 25.2 Å². The first-order valence-corrected chi connectivity index (χ1v) is 5.89. The lowest BCUT2D eigenvalue weighted by atomic mass is 10.2. The minimum atomic E-state index is -3.67. The monoisotopic (exact) mass is 217 g/mol. The van der Waals surface area contributed by atoms with Gasteiger partial charge in [-0.2, -0.15) is 8.42 Å². The van der Waals surface area contributed by atoms with E-state index in [-0.39, 0.29) is 0 Å². The summed E-state index contributed by atoms with van der Waals surface area (Å²) in [6.45, 7) is 0.959. The highest BCUT2D eigenvalue weighted by Gasteiger charge is 1.83. The summed E-state index contributed by atoms with van der Waals surface area (Å²) >= 11 is 0. The summed E-state index contributed by atoms with van der Waals surface area (Å²) < 4.78 is 25.9. The number of hydrogen-bond acceptors (Lipinski definition) is 3. The number of benzene rings is 1. The van der Waals surface area contributed by atoms with Crippen LogP contribution in [0.2, 0.25) is 0 Å². The van der Waals surface area contributed by atoms with Crippen LogP contribution < -0.4 is 5.32 Å². The minimum absolute atomic E-state index is 0.715. The van der Waals surface area contributed by atoms with Crippen LogP contribution in [0.1, 0.15) is 5.56 Å². The summed E-state index contributed by atoms with van der Waals surface area (Å²) in [5, 5.41) is 3.08. The van der Waals surface area contributed by atoms with Gasteiger partial charge in [0.1, 0.15) is 0 Å². The molecular weight excluding hydrogens is 202 g/mol. The Bertz CT molecular complexity index is 326. The lowest BCUT2D eigenvalue weighted by Crippen LogP contribution is -2.04. The quantitative estimate of drug-likeness (QED) is 0.723. The van der Waals surface area contributed by atoms with E-state index in [4.69, 9.17) is 4.55 Å². The molecule has 0 amide bonds. The Morgan fingerprint density at radius 3 is 2.07 bits per heavy atom.